The number of anilines is 1. The lowest BCUT2D eigenvalue weighted by Crippen LogP contribution is -2.30. The van der Waals surface area contributed by atoms with E-state index in [0.717, 1.165) is 4.90 Å². The number of amides is 3. The molecule has 1 aliphatic rings. The molecule has 0 atom stereocenters. The van der Waals surface area contributed by atoms with E-state index in [1.165, 1.54) is 6.08 Å². The number of hydrogen-bond acceptors (Lipinski definition) is 3. The molecule has 1 N–H and O–H groups in total. The van der Waals surface area contributed by atoms with Crippen LogP contribution in [0, 0.1) is 0 Å². The van der Waals surface area contributed by atoms with E-state index in [1.807, 2.05) is 13.0 Å². The molecular formula is C18H14Cl2N2O3. The van der Waals surface area contributed by atoms with Gasteiger partial charge in [0.1, 0.15) is 5.70 Å². The molecule has 0 aromatic heterocycles. The fourth-order valence-electron chi connectivity index (χ4n) is 2.46. The van der Waals surface area contributed by atoms with Gasteiger partial charge in [0.25, 0.3) is 5.91 Å². The van der Waals surface area contributed by atoms with Gasteiger partial charge in [0.05, 0.1) is 22.3 Å². The third kappa shape index (κ3) is 3.48. The highest BCUT2D eigenvalue weighted by atomic mass is 35.5. The summed E-state index contributed by atoms with van der Waals surface area (Å²) in [6.07, 6.45) is 1.52. The summed E-state index contributed by atoms with van der Waals surface area (Å²) < 4.78 is 5.38. The summed E-state index contributed by atoms with van der Waals surface area (Å²) >= 11 is 12.3. The van der Waals surface area contributed by atoms with Crippen molar-refractivity contribution in [1.29, 1.82) is 0 Å². The highest BCUT2D eigenvalue weighted by Gasteiger charge is 2.34. The van der Waals surface area contributed by atoms with Crippen LogP contribution in [0.4, 0.5) is 10.5 Å². The van der Waals surface area contributed by atoms with Gasteiger partial charge in [-0.3, -0.25) is 4.79 Å². The molecule has 5 nitrogen and oxygen atoms in total. The number of para-hydroxylation sites is 1. The molecular weight excluding hydrogens is 363 g/mol. The lowest BCUT2D eigenvalue weighted by Gasteiger charge is -2.11. The number of imide groups is 1. The van der Waals surface area contributed by atoms with E-state index < -0.39 is 11.9 Å². The molecule has 2 aromatic rings. The van der Waals surface area contributed by atoms with Gasteiger partial charge in [-0.25, -0.2) is 9.69 Å². The molecule has 7 heteroatoms. The Hall–Kier alpha value is -2.50. The maximum Gasteiger partial charge on any atom is 0.333 e. The van der Waals surface area contributed by atoms with Gasteiger partial charge >= 0.3 is 6.03 Å². The number of halogens is 2. The van der Waals surface area contributed by atoms with E-state index in [1.54, 1.807) is 36.4 Å². The average molecular weight is 377 g/mol. The molecule has 1 heterocycles. The summed E-state index contributed by atoms with van der Waals surface area (Å²) in [6.45, 7) is 2.26. The Bertz CT molecular complexity index is 843. The Balaban J connectivity index is 1.93. The summed E-state index contributed by atoms with van der Waals surface area (Å²) in [5, 5.41) is 3.22. The summed E-state index contributed by atoms with van der Waals surface area (Å²) in [7, 11) is 0. The van der Waals surface area contributed by atoms with Crippen molar-refractivity contribution in [3.8, 4) is 5.75 Å². The number of ether oxygens (including phenoxy) is 1. The van der Waals surface area contributed by atoms with Crippen molar-refractivity contribution in [3.05, 3.63) is 63.8 Å². The number of urea groups is 1. The quantitative estimate of drug-likeness (QED) is 0.631. The molecule has 3 rings (SSSR count). The predicted octanol–water partition coefficient (Wildman–Crippen LogP) is 4.49. The van der Waals surface area contributed by atoms with E-state index in [-0.39, 0.29) is 5.70 Å². The van der Waals surface area contributed by atoms with Crippen LogP contribution < -0.4 is 15.0 Å². The number of rotatable bonds is 4. The molecule has 1 fully saturated rings. The second-order valence-electron chi connectivity index (χ2n) is 5.21. The Labute approximate surface area is 154 Å². The molecule has 0 spiro atoms. The molecule has 25 heavy (non-hydrogen) atoms. The first-order chi connectivity index (χ1) is 12.0. The van der Waals surface area contributed by atoms with Gasteiger partial charge < -0.3 is 10.1 Å². The maximum absolute atomic E-state index is 12.5. The van der Waals surface area contributed by atoms with Crippen molar-refractivity contribution >= 4 is 46.9 Å². The molecule has 3 amide bonds. The number of hydrogen-bond donors (Lipinski definition) is 1. The number of nitrogens with zero attached hydrogens (tertiary/aromatic N) is 1. The zero-order valence-electron chi connectivity index (χ0n) is 13.3. The van der Waals surface area contributed by atoms with E-state index in [4.69, 9.17) is 27.9 Å². The molecule has 1 saturated heterocycles. The van der Waals surface area contributed by atoms with Crippen LogP contribution in [0.25, 0.3) is 6.08 Å². The molecule has 0 bridgehead atoms. The molecule has 0 unspecified atom stereocenters. The minimum Gasteiger partial charge on any atom is -0.491 e. The molecule has 0 aliphatic carbocycles. The van der Waals surface area contributed by atoms with Gasteiger partial charge in [0, 0.05) is 0 Å². The zero-order valence-corrected chi connectivity index (χ0v) is 14.8. The highest BCUT2D eigenvalue weighted by Crippen LogP contribution is 2.35. The van der Waals surface area contributed by atoms with Gasteiger partial charge in [0.15, 0.2) is 5.75 Å². The first-order valence-corrected chi connectivity index (χ1v) is 8.31. The van der Waals surface area contributed by atoms with E-state index >= 15 is 0 Å². The minimum atomic E-state index is -0.509. The van der Waals surface area contributed by atoms with Crippen LogP contribution in [-0.4, -0.2) is 18.5 Å². The number of carbonyl (C=O) groups excluding carboxylic acids is 2. The Kier molecular flexibility index (Phi) is 4.97. The third-order valence-corrected chi connectivity index (χ3v) is 4.07. The summed E-state index contributed by atoms with van der Waals surface area (Å²) in [4.78, 5) is 25.8. The largest absolute Gasteiger partial charge is 0.491 e. The van der Waals surface area contributed by atoms with Crippen molar-refractivity contribution in [2.75, 3.05) is 11.5 Å². The SMILES string of the molecule is CCOc1c(Cl)cc(/C=C2\NC(=O)N(c3ccccc3)C2=O)cc1Cl. The second kappa shape index (κ2) is 7.17. The standard InChI is InChI=1S/C18H14Cl2N2O3/c1-2-25-16-13(19)8-11(9-14(16)20)10-15-17(23)22(18(24)21-15)12-6-4-3-5-7-12/h3-10H,2H2,1H3,(H,21,24)/b15-10-. The Morgan fingerprint density at radius 1 is 1.12 bits per heavy atom. The summed E-state index contributed by atoms with van der Waals surface area (Å²) in [6, 6.07) is 11.4. The van der Waals surface area contributed by atoms with E-state index in [0.29, 0.717) is 33.7 Å². The molecule has 0 saturated carbocycles. The van der Waals surface area contributed by atoms with Crippen LogP contribution in [0.5, 0.6) is 5.75 Å². The number of carbonyl (C=O) groups is 2. The van der Waals surface area contributed by atoms with Gasteiger partial charge in [-0.1, -0.05) is 41.4 Å². The van der Waals surface area contributed by atoms with Crippen molar-refractivity contribution in [1.82, 2.24) is 5.32 Å². The summed E-state index contributed by atoms with van der Waals surface area (Å²) in [5.74, 6) is -0.0574. The van der Waals surface area contributed by atoms with Crippen molar-refractivity contribution in [2.24, 2.45) is 0 Å². The van der Waals surface area contributed by atoms with Gasteiger partial charge in [-0.2, -0.15) is 0 Å². The average Bonchev–Trinajstić information content (AvgIpc) is 2.85. The van der Waals surface area contributed by atoms with Crippen molar-refractivity contribution in [3.63, 3.8) is 0 Å². The predicted molar refractivity (Wildman–Crippen MR) is 98.1 cm³/mol. The lowest BCUT2D eigenvalue weighted by atomic mass is 10.1. The normalized spacial score (nSPS) is 15.6. The summed E-state index contributed by atoms with van der Waals surface area (Å²) in [5.41, 5.74) is 1.22. The number of benzene rings is 2. The van der Waals surface area contributed by atoms with Crippen LogP contribution in [0.1, 0.15) is 12.5 Å². The minimum absolute atomic E-state index is 0.144. The topological polar surface area (TPSA) is 58.6 Å². The van der Waals surface area contributed by atoms with Crippen molar-refractivity contribution in [2.45, 2.75) is 6.92 Å². The van der Waals surface area contributed by atoms with Crippen LogP contribution >= 0.6 is 23.2 Å². The first kappa shape index (κ1) is 17.3. The number of nitrogens with one attached hydrogen (secondary N) is 1. The monoisotopic (exact) mass is 376 g/mol. The molecule has 128 valence electrons. The maximum atomic E-state index is 12.5. The fourth-order valence-corrected chi connectivity index (χ4v) is 3.07. The lowest BCUT2D eigenvalue weighted by molar-refractivity contribution is -0.113. The van der Waals surface area contributed by atoms with Crippen LogP contribution in [0.2, 0.25) is 10.0 Å². The fraction of sp³-hybridized carbons (Fsp3) is 0.111. The van der Waals surface area contributed by atoms with Crippen molar-refractivity contribution < 1.29 is 14.3 Å². The van der Waals surface area contributed by atoms with E-state index in [2.05, 4.69) is 5.32 Å². The van der Waals surface area contributed by atoms with E-state index in [9.17, 15) is 9.59 Å². The van der Waals surface area contributed by atoms with Gasteiger partial charge in [-0.15, -0.1) is 0 Å². The first-order valence-electron chi connectivity index (χ1n) is 7.55. The molecule has 0 radical (unpaired) electrons. The highest BCUT2D eigenvalue weighted by molar-refractivity contribution is 6.37. The van der Waals surface area contributed by atoms with Crippen LogP contribution in [0.3, 0.4) is 0 Å². The molecule has 2 aromatic carbocycles. The molecule has 1 aliphatic heterocycles. The van der Waals surface area contributed by atoms with Crippen LogP contribution in [-0.2, 0) is 4.79 Å². The Morgan fingerprint density at radius 3 is 2.36 bits per heavy atom. The van der Waals surface area contributed by atoms with Gasteiger partial charge in [-0.05, 0) is 42.8 Å². The smallest absolute Gasteiger partial charge is 0.333 e. The van der Waals surface area contributed by atoms with Crippen LogP contribution in [0.15, 0.2) is 48.2 Å². The second-order valence-corrected chi connectivity index (χ2v) is 6.03. The van der Waals surface area contributed by atoms with Gasteiger partial charge in [0.2, 0.25) is 0 Å². The zero-order chi connectivity index (χ0) is 18.0. The Morgan fingerprint density at radius 2 is 1.76 bits per heavy atom. The third-order valence-electron chi connectivity index (χ3n) is 3.51.